The molecule has 3 N–H and O–H groups in total. The SMILES string of the molecule is CCCCCCCC/C=C/C(O)C(CS(=O)(=O)O)NC(=O)CCCCCCCCC. The molecule has 2 atom stereocenters. The summed E-state index contributed by atoms with van der Waals surface area (Å²) in [5, 5.41) is 12.9. The summed E-state index contributed by atoms with van der Waals surface area (Å²) < 4.78 is 31.7. The highest BCUT2D eigenvalue weighted by Crippen LogP contribution is 2.10. The van der Waals surface area contributed by atoms with Crippen LogP contribution in [-0.4, -0.2) is 41.9 Å². The van der Waals surface area contributed by atoms with Crippen LogP contribution in [0.2, 0.25) is 0 Å². The molecular weight excluding hydrogens is 402 g/mol. The number of allylic oxidation sites excluding steroid dienone is 1. The Morgan fingerprint density at radius 2 is 1.37 bits per heavy atom. The van der Waals surface area contributed by atoms with Gasteiger partial charge in [-0.1, -0.05) is 96.6 Å². The van der Waals surface area contributed by atoms with Crippen molar-refractivity contribution in [2.75, 3.05) is 5.75 Å². The highest BCUT2D eigenvalue weighted by Gasteiger charge is 2.24. The lowest BCUT2D eigenvalue weighted by Gasteiger charge is -2.21. The summed E-state index contributed by atoms with van der Waals surface area (Å²) in [5.41, 5.74) is 0. The summed E-state index contributed by atoms with van der Waals surface area (Å²) in [5.74, 6) is -0.987. The van der Waals surface area contributed by atoms with E-state index in [4.69, 9.17) is 4.55 Å². The zero-order valence-electron chi connectivity index (χ0n) is 19.2. The quantitative estimate of drug-likeness (QED) is 0.136. The van der Waals surface area contributed by atoms with E-state index >= 15 is 0 Å². The lowest BCUT2D eigenvalue weighted by molar-refractivity contribution is -0.122. The van der Waals surface area contributed by atoms with E-state index in [1.54, 1.807) is 0 Å². The van der Waals surface area contributed by atoms with Gasteiger partial charge in [0.2, 0.25) is 5.91 Å². The lowest BCUT2D eigenvalue weighted by Crippen LogP contribution is -2.46. The van der Waals surface area contributed by atoms with Crippen molar-refractivity contribution >= 4 is 16.0 Å². The summed E-state index contributed by atoms with van der Waals surface area (Å²) in [6.07, 6.45) is 18.0. The summed E-state index contributed by atoms with van der Waals surface area (Å²) in [6.45, 7) is 4.35. The Balaban J connectivity index is 4.30. The van der Waals surface area contributed by atoms with Crippen LogP contribution in [0.5, 0.6) is 0 Å². The highest BCUT2D eigenvalue weighted by atomic mass is 32.2. The van der Waals surface area contributed by atoms with Gasteiger partial charge in [-0.25, -0.2) is 0 Å². The van der Waals surface area contributed by atoms with E-state index < -0.39 is 28.0 Å². The smallest absolute Gasteiger partial charge is 0.267 e. The first-order valence-corrected chi connectivity index (χ1v) is 13.5. The van der Waals surface area contributed by atoms with Gasteiger partial charge >= 0.3 is 0 Å². The maximum atomic E-state index is 12.2. The molecule has 0 radical (unpaired) electrons. The third kappa shape index (κ3) is 19.1. The van der Waals surface area contributed by atoms with Crippen molar-refractivity contribution in [1.82, 2.24) is 5.32 Å². The molecule has 0 heterocycles. The first kappa shape index (κ1) is 29.1. The summed E-state index contributed by atoms with van der Waals surface area (Å²) in [6, 6.07) is -1.04. The van der Waals surface area contributed by atoms with E-state index in [9.17, 15) is 18.3 Å². The summed E-state index contributed by atoms with van der Waals surface area (Å²) in [7, 11) is -4.31. The number of hydrogen-bond acceptors (Lipinski definition) is 4. The van der Waals surface area contributed by atoms with Gasteiger partial charge in [0.15, 0.2) is 0 Å². The second kappa shape index (κ2) is 18.8. The monoisotopic (exact) mass is 447 g/mol. The van der Waals surface area contributed by atoms with Gasteiger partial charge < -0.3 is 10.4 Å². The van der Waals surface area contributed by atoms with Crippen LogP contribution in [0.4, 0.5) is 0 Å². The maximum Gasteiger partial charge on any atom is 0.267 e. The van der Waals surface area contributed by atoms with Gasteiger partial charge in [-0.2, -0.15) is 8.42 Å². The number of rotatable bonds is 20. The molecule has 0 saturated heterocycles. The molecule has 6 nitrogen and oxygen atoms in total. The van der Waals surface area contributed by atoms with Crippen LogP contribution in [0.1, 0.15) is 110 Å². The second-order valence-corrected chi connectivity index (χ2v) is 9.77. The van der Waals surface area contributed by atoms with Gasteiger partial charge in [-0.05, 0) is 19.3 Å². The summed E-state index contributed by atoms with van der Waals surface area (Å²) >= 11 is 0. The molecule has 2 unspecified atom stereocenters. The number of carbonyl (C=O) groups is 1. The fraction of sp³-hybridized carbons (Fsp3) is 0.870. The molecule has 0 aromatic carbocycles. The average Bonchev–Trinajstić information content (AvgIpc) is 2.67. The van der Waals surface area contributed by atoms with E-state index in [0.29, 0.717) is 6.42 Å². The molecular formula is C23H45NO5S. The minimum absolute atomic E-state index is 0.291. The molecule has 0 saturated carbocycles. The first-order chi connectivity index (χ1) is 14.3. The third-order valence-corrected chi connectivity index (χ3v) is 5.99. The standard InChI is InChI=1S/C23H45NO5S/c1-3-5-7-9-11-13-14-16-18-22(25)21(20-30(27,28)29)24-23(26)19-17-15-12-10-8-6-4-2/h16,18,21-22,25H,3-15,17,19-20H2,1-2H3,(H,24,26)(H,27,28,29)/b18-16+. The number of carbonyl (C=O) groups excluding carboxylic acids is 1. The lowest BCUT2D eigenvalue weighted by atomic mass is 10.1. The minimum atomic E-state index is -4.31. The third-order valence-electron chi connectivity index (χ3n) is 5.21. The van der Waals surface area contributed by atoms with Crippen molar-refractivity contribution in [2.45, 2.75) is 122 Å². The number of nitrogens with one attached hydrogen (secondary N) is 1. The van der Waals surface area contributed by atoms with Crippen molar-refractivity contribution < 1.29 is 22.9 Å². The molecule has 0 bridgehead atoms. The molecule has 0 spiro atoms. The highest BCUT2D eigenvalue weighted by molar-refractivity contribution is 7.85. The van der Waals surface area contributed by atoms with Crippen LogP contribution in [0.15, 0.2) is 12.2 Å². The van der Waals surface area contributed by atoms with Crippen LogP contribution >= 0.6 is 0 Å². The molecule has 7 heteroatoms. The normalized spacial score (nSPS) is 14.1. The van der Waals surface area contributed by atoms with Gasteiger partial charge in [0.1, 0.15) is 0 Å². The largest absolute Gasteiger partial charge is 0.387 e. The van der Waals surface area contributed by atoms with Crippen molar-refractivity contribution in [2.24, 2.45) is 0 Å². The van der Waals surface area contributed by atoms with Crippen LogP contribution in [0.3, 0.4) is 0 Å². The fourth-order valence-electron chi connectivity index (χ4n) is 3.39. The molecule has 0 aromatic rings. The number of unbranched alkanes of at least 4 members (excludes halogenated alkanes) is 12. The van der Waals surface area contributed by atoms with Crippen molar-refractivity contribution in [1.29, 1.82) is 0 Å². The molecule has 30 heavy (non-hydrogen) atoms. The Morgan fingerprint density at radius 1 is 0.867 bits per heavy atom. The van der Waals surface area contributed by atoms with Crippen LogP contribution in [0.25, 0.3) is 0 Å². The van der Waals surface area contributed by atoms with Crippen molar-refractivity contribution in [3.05, 3.63) is 12.2 Å². The number of amides is 1. The molecule has 1 amide bonds. The Hall–Kier alpha value is -0.920. The molecule has 178 valence electrons. The first-order valence-electron chi connectivity index (χ1n) is 11.9. The van der Waals surface area contributed by atoms with Gasteiger partial charge in [-0.3, -0.25) is 9.35 Å². The topological polar surface area (TPSA) is 104 Å². The van der Waals surface area contributed by atoms with Crippen molar-refractivity contribution in [3.8, 4) is 0 Å². The molecule has 0 aliphatic heterocycles. The van der Waals surface area contributed by atoms with Gasteiger partial charge in [-0.15, -0.1) is 0 Å². The Labute approximate surface area is 184 Å². The molecule has 0 rings (SSSR count). The van der Waals surface area contributed by atoms with Crippen molar-refractivity contribution in [3.63, 3.8) is 0 Å². The van der Waals surface area contributed by atoms with E-state index in [1.165, 1.54) is 57.4 Å². The van der Waals surface area contributed by atoms with Crippen LogP contribution < -0.4 is 5.32 Å². The molecule has 0 aliphatic rings. The minimum Gasteiger partial charge on any atom is -0.387 e. The van der Waals surface area contributed by atoms with Gasteiger partial charge in [0, 0.05) is 6.42 Å². The van der Waals surface area contributed by atoms with Gasteiger partial charge in [0.25, 0.3) is 10.1 Å². The molecule has 0 fully saturated rings. The van der Waals surface area contributed by atoms with Crippen LogP contribution in [0, 0.1) is 0 Å². The Kier molecular flexibility index (Phi) is 18.2. The van der Waals surface area contributed by atoms with Gasteiger partial charge in [0.05, 0.1) is 17.9 Å². The number of aliphatic hydroxyl groups is 1. The average molecular weight is 448 g/mol. The summed E-state index contributed by atoms with van der Waals surface area (Å²) in [4.78, 5) is 12.2. The second-order valence-electron chi connectivity index (χ2n) is 8.27. The fourth-order valence-corrected chi connectivity index (χ4v) is 4.12. The predicted octanol–water partition coefficient (Wildman–Crippen LogP) is 5.17. The molecule has 0 aliphatic carbocycles. The Morgan fingerprint density at radius 3 is 1.90 bits per heavy atom. The van der Waals surface area contributed by atoms with E-state index in [-0.39, 0.29) is 5.91 Å². The Bertz CT molecular complexity index is 548. The van der Waals surface area contributed by atoms with E-state index in [2.05, 4.69) is 19.2 Å². The number of aliphatic hydroxyl groups excluding tert-OH is 1. The van der Waals surface area contributed by atoms with E-state index in [1.807, 2.05) is 6.08 Å². The van der Waals surface area contributed by atoms with E-state index in [0.717, 1.165) is 38.5 Å². The zero-order chi connectivity index (χ0) is 22.7. The number of hydrogen-bond donors (Lipinski definition) is 3. The molecule has 0 aromatic heterocycles. The predicted molar refractivity (Wildman–Crippen MR) is 124 cm³/mol. The zero-order valence-corrected chi connectivity index (χ0v) is 20.0. The van der Waals surface area contributed by atoms with Crippen LogP contribution in [-0.2, 0) is 14.9 Å². The maximum absolute atomic E-state index is 12.2.